The zero-order chi connectivity index (χ0) is 12.7. The first-order valence-electron chi connectivity index (χ1n) is 5.69. The summed E-state index contributed by atoms with van der Waals surface area (Å²) in [6.07, 6.45) is 5.16. The van der Waals surface area contributed by atoms with Crippen LogP contribution in [0.4, 0.5) is 0 Å². The van der Waals surface area contributed by atoms with Crippen LogP contribution in [0.25, 0.3) is 11.2 Å². The number of H-pyrrole nitrogens is 1. The van der Waals surface area contributed by atoms with Crippen molar-refractivity contribution in [3.63, 3.8) is 0 Å². The number of hydrogen-bond acceptors (Lipinski definition) is 3. The van der Waals surface area contributed by atoms with Crippen molar-refractivity contribution >= 4 is 29.3 Å². The number of carbonyl (C=O) groups excluding carboxylic acids is 1. The van der Waals surface area contributed by atoms with E-state index < -0.39 is 0 Å². The molecule has 0 atom stereocenters. The second-order valence-electron chi connectivity index (χ2n) is 4.33. The summed E-state index contributed by atoms with van der Waals surface area (Å²) >= 11 is 5.15. The molecule has 0 aliphatic carbocycles. The number of aromatic amines is 1. The third kappa shape index (κ3) is 1.74. The fourth-order valence-corrected chi connectivity index (χ4v) is 2.29. The van der Waals surface area contributed by atoms with E-state index in [1.165, 1.54) is 0 Å². The smallest absolute Gasteiger partial charge is 0.226 e. The van der Waals surface area contributed by atoms with Crippen LogP contribution >= 0.6 is 12.2 Å². The molecule has 0 fully saturated rings. The van der Waals surface area contributed by atoms with Crippen LogP contribution in [-0.4, -0.2) is 32.5 Å². The summed E-state index contributed by atoms with van der Waals surface area (Å²) < 4.78 is 2.41. The Kier molecular flexibility index (Phi) is 2.52. The van der Waals surface area contributed by atoms with Gasteiger partial charge in [-0.05, 0) is 41.9 Å². The molecule has 0 aromatic carbocycles. The van der Waals surface area contributed by atoms with Gasteiger partial charge in [0.2, 0.25) is 5.91 Å². The summed E-state index contributed by atoms with van der Waals surface area (Å²) in [5.74, 6) is 0.153. The standard InChI is InChI=1S/C12H12N4OS/c1-15-6-8(3-5-11(15)17)9-2-4-10-13-14-12(18)16(10)7-9/h2,4,6-7H,3,5H2,1H3,(H,14,18). The average Bonchev–Trinajstić information content (AvgIpc) is 2.74. The van der Waals surface area contributed by atoms with E-state index in [0.717, 1.165) is 23.2 Å². The normalized spacial score (nSPS) is 16.2. The predicted molar refractivity (Wildman–Crippen MR) is 70.4 cm³/mol. The van der Waals surface area contributed by atoms with Crippen molar-refractivity contribution < 1.29 is 4.79 Å². The Bertz CT molecular complexity index is 712. The van der Waals surface area contributed by atoms with Crippen LogP contribution < -0.4 is 0 Å². The number of amides is 1. The molecule has 0 saturated carbocycles. The van der Waals surface area contributed by atoms with E-state index in [2.05, 4.69) is 10.2 Å². The number of nitrogens with zero attached hydrogens (tertiary/aromatic N) is 3. The number of fused-ring (bicyclic) bond motifs is 1. The molecule has 0 radical (unpaired) electrons. The van der Waals surface area contributed by atoms with Gasteiger partial charge < -0.3 is 4.90 Å². The van der Waals surface area contributed by atoms with Crippen LogP contribution in [0.2, 0.25) is 0 Å². The highest BCUT2D eigenvalue weighted by atomic mass is 32.1. The minimum atomic E-state index is 0.153. The number of aromatic nitrogens is 3. The number of rotatable bonds is 1. The zero-order valence-electron chi connectivity index (χ0n) is 9.88. The molecule has 2 aromatic heterocycles. The lowest BCUT2D eigenvalue weighted by molar-refractivity contribution is -0.127. The molecule has 0 unspecified atom stereocenters. The Morgan fingerprint density at radius 2 is 2.22 bits per heavy atom. The van der Waals surface area contributed by atoms with Gasteiger partial charge in [0.25, 0.3) is 0 Å². The monoisotopic (exact) mass is 260 g/mol. The van der Waals surface area contributed by atoms with Crippen LogP contribution in [0, 0.1) is 4.77 Å². The van der Waals surface area contributed by atoms with Gasteiger partial charge in [-0.1, -0.05) is 0 Å². The molecule has 0 spiro atoms. The Morgan fingerprint density at radius 1 is 1.39 bits per heavy atom. The van der Waals surface area contributed by atoms with Crippen molar-refractivity contribution in [2.75, 3.05) is 7.05 Å². The van der Waals surface area contributed by atoms with Gasteiger partial charge in [0, 0.05) is 25.9 Å². The zero-order valence-corrected chi connectivity index (χ0v) is 10.7. The van der Waals surface area contributed by atoms with Gasteiger partial charge >= 0.3 is 0 Å². The minimum Gasteiger partial charge on any atom is -0.322 e. The quantitative estimate of drug-likeness (QED) is 0.798. The van der Waals surface area contributed by atoms with Gasteiger partial charge in [-0.25, -0.2) is 0 Å². The van der Waals surface area contributed by atoms with E-state index in [-0.39, 0.29) is 5.91 Å². The first kappa shape index (κ1) is 11.2. The maximum absolute atomic E-state index is 11.4. The lowest BCUT2D eigenvalue weighted by Gasteiger charge is -2.21. The van der Waals surface area contributed by atoms with Crippen molar-refractivity contribution in [3.8, 4) is 0 Å². The van der Waals surface area contributed by atoms with Crippen LogP contribution in [0.15, 0.2) is 24.5 Å². The Balaban J connectivity index is 2.09. The molecule has 0 saturated heterocycles. The van der Waals surface area contributed by atoms with Crippen molar-refractivity contribution in [1.29, 1.82) is 0 Å². The minimum absolute atomic E-state index is 0.153. The number of nitrogens with one attached hydrogen (secondary N) is 1. The van der Waals surface area contributed by atoms with Crippen LogP contribution in [-0.2, 0) is 4.79 Å². The first-order chi connectivity index (χ1) is 8.65. The number of allylic oxidation sites excluding steroid dienone is 1. The molecule has 6 heteroatoms. The Morgan fingerprint density at radius 3 is 3.00 bits per heavy atom. The third-order valence-corrected chi connectivity index (χ3v) is 3.42. The summed E-state index contributed by atoms with van der Waals surface area (Å²) in [6, 6.07) is 3.92. The highest BCUT2D eigenvalue weighted by Crippen LogP contribution is 2.24. The topological polar surface area (TPSA) is 53.4 Å². The van der Waals surface area contributed by atoms with Gasteiger partial charge in [0.05, 0.1) is 0 Å². The molecule has 1 aliphatic rings. The van der Waals surface area contributed by atoms with E-state index in [1.807, 2.05) is 28.9 Å². The van der Waals surface area contributed by atoms with Gasteiger partial charge in [0.1, 0.15) is 0 Å². The Hall–Kier alpha value is -1.95. The van der Waals surface area contributed by atoms with Gasteiger partial charge in [-0.2, -0.15) is 5.10 Å². The number of carbonyl (C=O) groups is 1. The van der Waals surface area contributed by atoms with Crippen molar-refractivity contribution in [2.24, 2.45) is 0 Å². The van der Waals surface area contributed by atoms with E-state index in [1.54, 1.807) is 11.9 Å². The molecular formula is C12H12N4OS. The van der Waals surface area contributed by atoms with Crippen LogP contribution in [0.5, 0.6) is 0 Å². The van der Waals surface area contributed by atoms with E-state index in [9.17, 15) is 4.79 Å². The van der Waals surface area contributed by atoms with Crippen molar-refractivity contribution in [3.05, 3.63) is 34.9 Å². The molecule has 5 nitrogen and oxygen atoms in total. The fourth-order valence-electron chi connectivity index (χ4n) is 2.10. The first-order valence-corrected chi connectivity index (χ1v) is 6.09. The van der Waals surface area contributed by atoms with Crippen LogP contribution in [0.1, 0.15) is 18.4 Å². The summed E-state index contributed by atoms with van der Waals surface area (Å²) in [7, 11) is 1.78. The predicted octanol–water partition coefficient (Wildman–Crippen LogP) is 1.98. The molecule has 1 N–H and O–H groups in total. The van der Waals surface area contributed by atoms with E-state index in [0.29, 0.717) is 11.2 Å². The molecule has 92 valence electrons. The molecule has 1 aliphatic heterocycles. The second-order valence-corrected chi connectivity index (χ2v) is 4.72. The lowest BCUT2D eigenvalue weighted by atomic mass is 10.0. The van der Waals surface area contributed by atoms with Gasteiger partial charge in [-0.3, -0.25) is 14.3 Å². The largest absolute Gasteiger partial charge is 0.322 e. The maximum Gasteiger partial charge on any atom is 0.226 e. The van der Waals surface area contributed by atoms with Crippen molar-refractivity contribution in [2.45, 2.75) is 12.8 Å². The molecule has 18 heavy (non-hydrogen) atoms. The fraction of sp³-hybridized carbons (Fsp3) is 0.250. The number of hydrogen-bond donors (Lipinski definition) is 1. The second kappa shape index (κ2) is 4.06. The van der Waals surface area contributed by atoms with Crippen LogP contribution in [0.3, 0.4) is 0 Å². The maximum atomic E-state index is 11.4. The SMILES string of the molecule is CN1C=C(c2ccc3n[nH]c(=S)n3c2)CCC1=O. The van der Waals surface area contributed by atoms with Crippen molar-refractivity contribution in [1.82, 2.24) is 19.5 Å². The summed E-state index contributed by atoms with van der Waals surface area (Å²) in [6.45, 7) is 0. The van der Waals surface area contributed by atoms with E-state index in [4.69, 9.17) is 12.2 Å². The third-order valence-electron chi connectivity index (χ3n) is 3.13. The van der Waals surface area contributed by atoms with Gasteiger partial charge in [0.15, 0.2) is 10.4 Å². The van der Waals surface area contributed by atoms with Gasteiger partial charge in [-0.15, -0.1) is 0 Å². The molecule has 3 heterocycles. The molecular weight excluding hydrogens is 248 g/mol. The lowest BCUT2D eigenvalue weighted by Crippen LogP contribution is -2.24. The highest BCUT2D eigenvalue weighted by molar-refractivity contribution is 7.71. The summed E-state index contributed by atoms with van der Waals surface area (Å²) in [5, 5.41) is 6.85. The Labute approximate surface area is 109 Å². The number of pyridine rings is 1. The summed E-state index contributed by atoms with van der Waals surface area (Å²) in [5.41, 5.74) is 3.01. The molecule has 2 aromatic rings. The summed E-state index contributed by atoms with van der Waals surface area (Å²) in [4.78, 5) is 13.1. The average molecular weight is 260 g/mol. The van der Waals surface area contributed by atoms with E-state index >= 15 is 0 Å². The molecule has 1 amide bonds. The molecule has 0 bridgehead atoms. The molecule has 3 rings (SSSR count). The highest BCUT2D eigenvalue weighted by Gasteiger charge is 2.16.